The quantitative estimate of drug-likeness (QED) is 0.505. The number of amides is 1. The maximum Gasteiger partial charge on any atom is 0.326 e. The van der Waals surface area contributed by atoms with Gasteiger partial charge in [-0.15, -0.1) is 0 Å². The Bertz CT molecular complexity index is 266. The molecule has 0 saturated carbocycles. The molecule has 0 aromatic heterocycles. The van der Waals surface area contributed by atoms with Gasteiger partial charge in [0.15, 0.2) is 0 Å². The monoisotopic (exact) mass is 285 g/mol. The highest BCUT2D eigenvalue weighted by atomic mass is 16.4. The number of nitrogens with one attached hydrogen (secondary N) is 1. The molecular formula is C16H31NO3. The minimum Gasteiger partial charge on any atom is -0.480 e. The fourth-order valence-electron chi connectivity index (χ4n) is 2.17. The summed E-state index contributed by atoms with van der Waals surface area (Å²) in [6, 6.07) is -0.716. The summed E-state index contributed by atoms with van der Waals surface area (Å²) in [5, 5.41) is 11.7. The lowest BCUT2D eigenvalue weighted by molar-refractivity contribution is -0.142. The first-order valence-electron chi connectivity index (χ1n) is 8.14. The van der Waals surface area contributed by atoms with Crippen molar-refractivity contribution in [2.45, 2.75) is 90.5 Å². The molecule has 118 valence electrons. The van der Waals surface area contributed by atoms with Gasteiger partial charge in [0.25, 0.3) is 0 Å². The second-order valence-electron chi connectivity index (χ2n) is 5.47. The van der Waals surface area contributed by atoms with Crippen LogP contribution in [-0.4, -0.2) is 23.0 Å². The summed E-state index contributed by atoms with van der Waals surface area (Å²) in [7, 11) is 0. The van der Waals surface area contributed by atoms with Gasteiger partial charge in [-0.2, -0.15) is 0 Å². The van der Waals surface area contributed by atoms with Gasteiger partial charge in [-0.1, -0.05) is 65.2 Å². The van der Waals surface area contributed by atoms with Crippen LogP contribution < -0.4 is 5.32 Å². The van der Waals surface area contributed by atoms with E-state index < -0.39 is 12.0 Å². The third-order valence-electron chi connectivity index (χ3n) is 3.49. The predicted molar refractivity (Wildman–Crippen MR) is 81.7 cm³/mol. The number of hydrogen-bond acceptors (Lipinski definition) is 2. The van der Waals surface area contributed by atoms with Gasteiger partial charge < -0.3 is 10.4 Å². The zero-order valence-electron chi connectivity index (χ0n) is 13.1. The van der Waals surface area contributed by atoms with Gasteiger partial charge in [-0.05, 0) is 12.8 Å². The van der Waals surface area contributed by atoms with E-state index in [9.17, 15) is 9.59 Å². The average molecular weight is 285 g/mol. The lowest BCUT2D eigenvalue weighted by Crippen LogP contribution is -2.40. The van der Waals surface area contributed by atoms with Gasteiger partial charge in [-0.25, -0.2) is 4.79 Å². The number of rotatable bonds is 13. The number of carboxylic acid groups (broad SMARTS) is 1. The standard InChI is InChI=1S/C16H31NO3/c1-3-5-7-8-9-10-11-13-15(18)17-14(16(19)20)12-6-4-2/h14H,3-13H2,1-2H3,(H,17,18)(H,19,20)/t14-/m0/s1. The molecule has 2 N–H and O–H groups in total. The first-order valence-corrected chi connectivity index (χ1v) is 8.14. The minimum atomic E-state index is -0.925. The Morgan fingerprint density at radius 3 is 2.00 bits per heavy atom. The second kappa shape index (κ2) is 12.9. The molecule has 0 aromatic rings. The Morgan fingerprint density at radius 1 is 0.900 bits per heavy atom. The lowest BCUT2D eigenvalue weighted by atomic mass is 10.1. The number of carbonyl (C=O) groups excluding carboxylic acids is 1. The molecule has 4 nitrogen and oxygen atoms in total. The molecule has 0 aliphatic heterocycles. The molecule has 0 heterocycles. The predicted octanol–water partition coefficient (Wildman–Crippen LogP) is 3.89. The summed E-state index contributed by atoms with van der Waals surface area (Å²) < 4.78 is 0. The Balaban J connectivity index is 3.66. The number of hydrogen-bond donors (Lipinski definition) is 2. The molecule has 20 heavy (non-hydrogen) atoms. The van der Waals surface area contributed by atoms with Crippen LogP contribution in [0.3, 0.4) is 0 Å². The van der Waals surface area contributed by atoms with Crippen LogP contribution >= 0.6 is 0 Å². The van der Waals surface area contributed by atoms with Gasteiger partial charge >= 0.3 is 5.97 Å². The molecule has 0 aliphatic carbocycles. The van der Waals surface area contributed by atoms with Crippen molar-refractivity contribution in [3.8, 4) is 0 Å². The van der Waals surface area contributed by atoms with Crippen LogP contribution in [0.5, 0.6) is 0 Å². The number of unbranched alkanes of at least 4 members (excludes halogenated alkanes) is 7. The molecule has 1 amide bonds. The fraction of sp³-hybridized carbons (Fsp3) is 0.875. The fourth-order valence-corrected chi connectivity index (χ4v) is 2.17. The maximum atomic E-state index is 11.7. The van der Waals surface area contributed by atoms with Crippen LogP contribution in [0.4, 0.5) is 0 Å². The Morgan fingerprint density at radius 2 is 1.45 bits per heavy atom. The van der Waals surface area contributed by atoms with E-state index in [4.69, 9.17) is 5.11 Å². The summed E-state index contributed by atoms with van der Waals surface area (Å²) in [5.74, 6) is -1.05. The maximum absolute atomic E-state index is 11.7. The van der Waals surface area contributed by atoms with Crippen LogP contribution in [-0.2, 0) is 9.59 Å². The molecule has 0 radical (unpaired) electrons. The highest BCUT2D eigenvalue weighted by Gasteiger charge is 2.18. The van der Waals surface area contributed by atoms with E-state index in [1.807, 2.05) is 6.92 Å². The summed E-state index contributed by atoms with van der Waals surface area (Å²) in [6.07, 6.45) is 10.9. The number of carboxylic acids is 1. The molecule has 0 spiro atoms. The van der Waals surface area contributed by atoms with Gasteiger partial charge in [-0.3, -0.25) is 4.79 Å². The van der Waals surface area contributed by atoms with Crippen molar-refractivity contribution in [2.75, 3.05) is 0 Å². The van der Waals surface area contributed by atoms with Crippen molar-refractivity contribution in [2.24, 2.45) is 0 Å². The van der Waals surface area contributed by atoms with Crippen molar-refractivity contribution in [3.63, 3.8) is 0 Å². The molecule has 0 unspecified atom stereocenters. The van der Waals surface area contributed by atoms with E-state index in [0.29, 0.717) is 12.8 Å². The molecule has 1 atom stereocenters. The van der Waals surface area contributed by atoms with Gasteiger partial charge in [0, 0.05) is 6.42 Å². The van der Waals surface area contributed by atoms with E-state index >= 15 is 0 Å². The van der Waals surface area contributed by atoms with Crippen molar-refractivity contribution < 1.29 is 14.7 Å². The average Bonchev–Trinajstić information content (AvgIpc) is 2.42. The third kappa shape index (κ3) is 10.8. The molecule has 4 heteroatoms. The molecule has 0 rings (SSSR count). The van der Waals surface area contributed by atoms with Crippen LogP contribution in [0.25, 0.3) is 0 Å². The normalized spacial score (nSPS) is 12.1. The summed E-state index contributed by atoms with van der Waals surface area (Å²) in [5.41, 5.74) is 0. The summed E-state index contributed by atoms with van der Waals surface area (Å²) in [6.45, 7) is 4.21. The van der Waals surface area contributed by atoms with Crippen molar-refractivity contribution in [1.29, 1.82) is 0 Å². The van der Waals surface area contributed by atoms with Crippen LogP contribution in [0.2, 0.25) is 0 Å². The highest BCUT2D eigenvalue weighted by molar-refractivity contribution is 5.83. The van der Waals surface area contributed by atoms with Gasteiger partial charge in [0.1, 0.15) is 6.04 Å². The highest BCUT2D eigenvalue weighted by Crippen LogP contribution is 2.09. The third-order valence-corrected chi connectivity index (χ3v) is 3.49. The van der Waals surface area contributed by atoms with E-state index in [1.165, 1.54) is 32.1 Å². The molecule has 0 aromatic carbocycles. The molecule has 0 bridgehead atoms. The van der Waals surface area contributed by atoms with E-state index in [0.717, 1.165) is 25.7 Å². The Hall–Kier alpha value is -1.06. The van der Waals surface area contributed by atoms with Crippen molar-refractivity contribution >= 4 is 11.9 Å². The zero-order valence-corrected chi connectivity index (χ0v) is 13.1. The largest absolute Gasteiger partial charge is 0.480 e. The van der Waals surface area contributed by atoms with Gasteiger partial charge in [0.2, 0.25) is 5.91 Å². The molecule has 0 saturated heterocycles. The Kier molecular flexibility index (Phi) is 12.3. The second-order valence-corrected chi connectivity index (χ2v) is 5.47. The molecule has 0 fully saturated rings. The smallest absolute Gasteiger partial charge is 0.326 e. The molecular weight excluding hydrogens is 254 g/mol. The van der Waals surface area contributed by atoms with E-state index in [2.05, 4.69) is 12.2 Å². The summed E-state index contributed by atoms with van der Waals surface area (Å²) >= 11 is 0. The zero-order chi connectivity index (χ0) is 15.2. The van der Waals surface area contributed by atoms with Gasteiger partial charge in [0.05, 0.1) is 0 Å². The number of carbonyl (C=O) groups is 2. The lowest BCUT2D eigenvalue weighted by Gasteiger charge is -2.13. The van der Waals surface area contributed by atoms with Crippen LogP contribution in [0.15, 0.2) is 0 Å². The topological polar surface area (TPSA) is 66.4 Å². The van der Waals surface area contributed by atoms with Crippen molar-refractivity contribution in [3.05, 3.63) is 0 Å². The molecule has 0 aliphatic rings. The SMILES string of the molecule is CCCCCCCCCC(=O)N[C@@H](CCCC)C(=O)O. The first kappa shape index (κ1) is 18.9. The first-order chi connectivity index (χ1) is 9.61. The number of aliphatic carboxylic acids is 1. The van der Waals surface area contributed by atoms with Crippen LogP contribution in [0.1, 0.15) is 84.5 Å². The van der Waals surface area contributed by atoms with E-state index in [1.54, 1.807) is 0 Å². The van der Waals surface area contributed by atoms with Crippen molar-refractivity contribution in [1.82, 2.24) is 5.32 Å². The van der Waals surface area contributed by atoms with Crippen LogP contribution in [0, 0.1) is 0 Å². The minimum absolute atomic E-state index is 0.123. The van der Waals surface area contributed by atoms with E-state index in [-0.39, 0.29) is 5.91 Å². The summed E-state index contributed by atoms with van der Waals surface area (Å²) in [4.78, 5) is 22.7. The Labute approximate surface area is 123 Å².